The number of nitrogens with one attached hydrogen (secondary N) is 1. The first-order valence-electron chi connectivity index (χ1n) is 7.31. The van der Waals surface area contributed by atoms with E-state index in [1.807, 2.05) is 61.5 Å². The second kappa shape index (κ2) is 8.20. The normalized spacial score (nSPS) is 11.7. The minimum atomic E-state index is -0.606. The first kappa shape index (κ1) is 16.0. The quantitative estimate of drug-likeness (QED) is 0.823. The standard InChI is InChI=1S/C18H21NO3/c1-14-6-5-9-17(10-14)22-13-18(21)19-12-16(20)11-15-7-3-2-4-8-15/h2-10,16,20H,11-13H2,1H3,(H,19,21). The highest BCUT2D eigenvalue weighted by Gasteiger charge is 2.08. The Balaban J connectivity index is 1.69. The molecule has 0 fully saturated rings. The van der Waals surface area contributed by atoms with Gasteiger partial charge in [-0.3, -0.25) is 4.79 Å². The van der Waals surface area contributed by atoms with E-state index >= 15 is 0 Å². The van der Waals surface area contributed by atoms with Crippen molar-refractivity contribution in [2.75, 3.05) is 13.2 Å². The van der Waals surface area contributed by atoms with Crippen molar-refractivity contribution in [3.8, 4) is 5.75 Å². The zero-order chi connectivity index (χ0) is 15.8. The fourth-order valence-electron chi connectivity index (χ4n) is 2.10. The summed E-state index contributed by atoms with van der Waals surface area (Å²) in [5.41, 5.74) is 2.12. The van der Waals surface area contributed by atoms with Gasteiger partial charge in [0.2, 0.25) is 0 Å². The van der Waals surface area contributed by atoms with E-state index in [2.05, 4.69) is 5.32 Å². The molecule has 4 heteroatoms. The predicted octanol–water partition coefficient (Wildman–Crippen LogP) is 2.09. The van der Waals surface area contributed by atoms with Crippen LogP contribution in [0.15, 0.2) is 54.6 Å². The van der Waals surface area contributed by atoms with Crippen molar-refractivity contribution >= 4 is 5.91 Å². The Labute approximate surface area is 130 Å². The van der Waals surface area contributed by atoms with Crippen LogP contribution < -0.4 is 10.1 Å². The Kier molecular flexibility index (Phi) is 5.98. The highest BCUT2D eigenvalue weighted by molar-refractivity contribution is 5.77. The van der Waals surface area contributed by atoms with Crippen molar-refractivity contribution < 1.29 is 14.6 Å². The van der Waals surface area contributed by atoms with Crippen LogP contribution in [0.1, 0.15) is 11.1 Å². The van der Waals surface area contributed by atoms with Crippen molar-refractivity contribution in [2.24, 2.45) is 0 Å². The highest BCUT2D eigenvalue weighted by Crippen LogP contribution is 2.11. The summed E-state index contributed by atoms with van der Waals surface area (Å²) in [5.74, 6) is 0.425. The topological polar surface area (TPSA) is 58.6 Å². The van der Waals surface area contributed by atoms with Crippen LogP contribution in [0.25, 0.3) is 0 Å². The maximum Gasteiger partial charge on any atom is 0.258 e. The molecule has 0 aliphatic rings. The Morgan fingerprint density at radius 3 is 2.68 bits per heavy atom. The summed E-state index contributed by atoms with van der Waals surface area (Å²) in [7, 11) is 0. The lowest BCUT2D eigenvalue weighted by molar-refractivity contribution is -0.123. The number of aliphatic hydroxyl groups excluding tert-OH is 1. The molecule has 0 bridgehead atoms. The molecule has 116 valence electrons. The van der Waals surface area contributed by atoms with Crippen molar-refractivity contribution in [3.05, 3.63) is 65.7 Å². The van der Waals surface area contributed by atoms with Crippen LogP contribution >= 0.6 is 0 Å². The molecule has 2 aromatic rings. The monoisotopic (exact) mass is 299 g/mol. The Morgan fingerprint density at radius 1 is 1.18 bits per heavy atom. The third kappa shape index (κ3) is 5.58. The lowest BCUT2D eigenvalue weighted by Gasteiger charge is -2.12. The zero-order valence-electron chi connectivity index (χ0n) is 12.7. The van der Waals surface area contributed by atoms with E-state index in [4.69, 9.17) is 4.74 Å². The minimum absolute atomic E-state index is 0.0541. The van der Waals surface area contributed by atoms with Gasteiger partial charge >= 0.3 is 0 Å². The van der Waals surface area contributed by atoms with E-state index in [0.29, 0.717) is 12.2 Å². The summed E-state index contributed by atoms with van der Waals surface area (Å²) in [5, 5.41) is 12.6. The molecular formula is C18H21NO3. The van der Waals surface area contributed by atoms with Gasteiger partial charge in [-0.15, -0.1) is 0 Å². The molecule has 0 radical (unpaired) electrons. The number of hydrogen-bond donors (Lipinski definition) is 2. The molecule has 0 heterocycles. The Hall–Kier alpha value is -2.33. The Bertz CT molecular complexity index is 598. The molecule has 2 rings (SSSR count). The van der Waals surface area contributed by atoms with Gasteiger partial charge in [-0.1, -0.05) is 42.5 Å². The van der Waals surface area contributed by atoms with Crippen molar-refractivity contribution in [1.29, 1.82) is 0 Å². The number of hydrogen-bond acceptors (Lipinski definition) is 3. The molecule has 22 heavy (non-hydrogen) atoms. The van der Waals surface area contributed by atoms with Crippen molar-refractivity contribution in [1.82, 2.24) is 5.32 Å². The molecule has 0 saturated carbocycles. The van der Waals surface area contributed by atoms with Crippen LogP contribution in [0.3, 0.4) is 0 Å². The molecule has 0 saturated heterocycles. The minimum Gasteiger partial charge on any atom is -0.484 e. The van der Waals surface area contributed by atoms with Gasteiger partial charge in [0.15, 0.2) is 6.61 Å². The van der Waals surface area contributed by atoms with E-state index in [0.717, 1.165) is 11.1 Å². The second-order valence-electron chi connectivity index (χ2n) is 5.25. The number of benzene rings is 2. The van der Waals surface area contributed by atoms with Gasteiger partial charge in [-0.2, -0.15) is 0 Å². The summed E-state index contributed by atoms with van der Waals surface area (Å²) < 4.78 is 5.41. The number of aliphatic hydroxyl groups is 1. The van der Waals surface area contributed by atoms with Crippen LogP contribution in [0.4, 0.5) is 0 Å². The maximum absolute atomic E-state index is 11.7. The Morgan fingerprint density at radius 2 is 1.95 bits per heavy atom. The van der Waals surface area contributed by atoms with Crippen LogP contribution in [0.2, 0.25) is 0 Å². The first-order valence-corrected chi connectivity index (χ1v) is 7.31. The van der Waals surface area contributed by atoms with Crippen molar-refractivity contribution in [3.63, 3.8) is 0 Å². The molecule has 1 unspecified atom stereocenters. The molecule has 0 aliphatic carbocycles. The van der Waals surface area contributed by atoms with Gasteiger partial charge in [0.25, 0.3) is 5.91 Å². The summed E-state index contributed by atoms with van der Waals surface area (Å²) in [4.78, 5) is 11.7. The third-order valence-corrected chi connectivity index (χ3v) is 3.21. The average molecular weight is 299 g/mol. The van der Waals surface area contributed by atoms with Crippen LogP contribution in [-0.4, -0.2) is 30.3 Å². The first-order chi connectivity index (χ1) is 10.6. The molecule has 2 N–H and O–H groups in total. The van der Waals surface area contributed by atoms with E-state index in [-0.39, 0.29) is 19.1 Å². The van der Waals surface area contributed by atoms with Crippen LogP contribution in [-0.2, 0) is 11.2 Å². The summed E-state index contributed by atoms with van der Waals surface area (Å²) in [6.07, 6.45) is -0.0924. The molecule has 2 aromatic carbocycles. The van der Waals surface area contributed by atoms with Gasteiger partial charge in [0, 0.05) is 13.0 Å². The molecule has 0 aliphatic heterocycles. The largest absolute Gasteiger partial charge is 0.484 e. The van der Waals surface area contributed by atoms with Gasteiger partial charge < -0.3 is 15.2 Å². The van der Waals surface area contributed by atoms with E-state index < -0.39 is 6.10 Å². The SMILES string of the molecule is Cc1cccc(OCC(=O)NCC(O)Cc2ccccc2)c1. The maximum atomic E-state index is 11.7. The average Bonchev–Trinajstić information content (AvgIpc) is 2.52. The lowest BCUT2D eigenvalue weighted by Crippen LogP contribution is -2.36. The zero-order valence-corrected chi connectivity index (χ0v) is 12.7. The number of ether oxygens (including phenoxy) is 1. The van der Waals surface area contributed by atoms with Gasteiger partial charge in [-0.05, 0) is 30.2 Å². The van der Waals surface area contributed by atoms with Crippen LogP contribution in [0.5, 0.6) is 5.75 Å². The number of amides is 1. The molecule has 1 atom stereocenters. The predicted molar refractivity (Wildman–Crippen MR) is 85.8 cm³/mol. The summed E-state index contributed by atoms with van der Waals surface area (Å²) in [6, 6.07) is 17.2. The molecule has 1 amide bonds. The summed E-state index contributed by atoms with van der Waals surface area (Å²) >= 11 is 0. The number of rotatable bonds is 7. The van der Waals surface area contributed by atoms with E-state index in [1.54, 1.807) is 0 Å². The van der Waals surface area contributed by atoms with Crippen molar-refractivity contribution in [2.45, 2.75) is 19.4 Å². The van der Waals surface area contributed by atoms with Crippen LogP contribution in [0, 0.1) is 6.92 Å². The van der Waals surface area contributed by atoms with E-state index in [9.17, 15) is 9.90 Å². The van der Waals surface area contributed by atoms with Gasteiger partial charge in [0.05, 0.1) is 6.10 Å². The third-order valence-electron chi connectivity index (χ3n) is 3.21. The number of carbonyl (C=O) groups is 1. The number of carbonyl (C=O) groups excluding carboxylic acids is 1. The van der Waals surface area contributed by atoms with E-state index in [1.165, 1.54) is 0 Å². The highest BCUT2D eigenvalue weighted by atomic mass is 16.5. The molecule has 4 nitrogen and oxygen atoms in total. The lowest BCUT2D eigenvalue weighted by atomic mass is 10.1. The fourth-order valence-corrected chi connectivity index (χ4v) is 2.10. The smallest absolute Gasteiger partial charge is 0.258 e. The molecule has 0 aromatic heterocycles. The molecule has 0 spiro atoms. The van der Waals surface area contributed by atoms with Gasteiger partial charge in [0.1, 0.15) is 5.75 Å². The molecular weight excluding hydrogens is 278 g/mol. The van der Waals surface area contributed by atoms with Gasteiger partial charge in [-0.25, -0.2) is 0 Å². The second-order valence-corrected chi connectivity index (χ2v) is 5.25. The summed E-state index contributed by atoms with van der Waals surface area (Å²) in [6.45, 7) is 2.12. The number of aryl methyl sites for hydroxylation is 1. The fraction of sp³-hybridized carbons (Fsp3) is 0.278.